The fourth-order valence-electron chi connectivity index (χ4n) is 1.62. The van der Waals surface area contributed by atoms with Crippen LogP contribution in [0.5, 0.6) is 0 Å². The van der Waals surface area contributed by atoms with E-state index in [0.29, 0.717) is 5.92 Å². The highest BCUT2D eigenvalue weighted by Gasteiger charge is 2.12. The zero-order valence-electron chi connectivity index (χ0n) is 11.0. The van der Waals surface area contributed by atoms with Gasteiger partial charge in [0.1, 0.15) is 0 Å². The van der Waals surface area contributed by atoms with E-state index in [0.717, 1.165) is 22.5 Å². The molecule has 96 valence electrons. The summed E-state index contributed by atoms with van der Waals surface area (Å²) in [6.07, 6.45) is 1.01. The van der Waals surface area contributed by atoms with Crippen LogP contribution in [0.2, 0.25) is 5.02 Å². The van der Waals surface area contributed by atoms with Crippen molar-refractivity contribution < 1.29 is 0 Å². The minimum Gasteiger partial charge on any atom is -0.312 e. The van der Waals surface area contributed by atoms with Crippen LogP contribution in [0, 0.1) is 5.92 Å². The molecule has 17 heavy (non-hydrogen) atoms. The van der Waals surface area contributed by atoms with Crippen LogP contribution in [0.3, 0.4) is 0 Å². The first-order valence-corrected chi connectivity index (χ1v) is 7.14. The first-order chi connectivity index (χ1) is 7.78. The Bertz CT molecular complexity index is 371. The molecule has 0 aliphatic heterocycles. The van der Waals surface area contributed by atoms with Crippen molar-refractivity contribution >= 4 is 27.5 Å². The Kier molecular flexibility index (Phi) is 5.49. The van der Waals surface area contributed by atoms with Gasteiger partial charge in [0.2, 0.25) is 0 Å². The summed E-state index contributed by atoms with van der Waals surface area (Å²) >= 11 is 9.64. The zero-order chi connectivity index (χ0) is 13.1. The molecule has 0 radical (unpaired) electrons. The maximum atomic E-state index is 6.21. The number of nitrogens with one attached hydrogen (secondary N) is 1. The van der Waals surface area contributed by atoms with Crippen LogP contribution >= 0.6 is 27.5 Å². The van der Waals surface area contributed by atoms with E-state index in [4.69, 9.17) is 11.6 Å². The van der Waals surface area contributed by atoms with Gasteiger partial charge in [0.25, 0.3) is 0 Å². The van der Waals surface area contributed by atoms with E-state index in [1.165, 1.54) is 5.56 Å². The molecule has 0 saturated carbocycles. The average Bonchev–Trinajstić information content (AvgIpc) is 2.18. The number of hydrogen-bond acceptors (Lipinski definition) is 1. The third-order valence-corrected chi connectivity index (χ3v) is 3.41. The molecule has 1 atom stereocenters. The van der Waals surface area contributed by atoms with Gasteiger partial charge < -0.3 is 5.32 Å². The lowest BCUT2D eigenvalue weighted by Gasteiger charge is -2.23. The molecular formula is C14H21BrClN. The third-order valence-electron chi connectivity index (χ3n) is 2.56. The second-order valence-corrected chi connectivity index (χ2v) is 7.00. The van der Waals surface area contributed by atoms with Gasteiger partial charge in [-0.05, 0) is 57.4 Å². The van der Waals surface area contributed by atoms with Crippen LogP contribution in [-0.2, 0) is 6.42 Å². The first kappa shape index (κ1) is 15.0. The van der Waals surface area contributed by atoms with Gasteiger partial charge in [-0.25, -0.2) is 0 Å². The molecule has 0 heterocycles. The van der Waals surface area contributed by atoms with Gasteiger partial charge in [-0.15, -0.1) is 0 Å². The molecule has 0 aliphatic rings. The Morgan fingerprint density at radius 2 is 2.00 bits per heavy atom. The molecule has 1 aromatic rings. The quantitative estimate of drug-likeness (QED) is 0.850. The van der Waals surface area contributed by atoms with Crippen molar-refractivity contribution in [2.45, 2.75) is 39.7 Å². The third kappa shape index (κ3) is 5.89. The normalized spacial score (nSPS) is 13.8. The molecule has 0 spiro atoms. The average molecular weight is 319 g/mol. The van der Waals surface area contributed by atoms with Gasteiger partial charge in [-0.2, -0.15) is 0 Å². The van der Waals surface area contributed by atoms with E-state index in [-0.39, 0.29) is 5.54 Å². The number of rotatable bonds is 4. The number of benzene rings is 1. The Morgan fingerprint density at radius 3 is 2.53 bits per heavy atom. The highest BCUT2D eigenvalue weighted by Crippen LogP contribution is 2.23. The van der Waals surface area contributed by atoms with Gasteiger partial charge in [0.15, 0.2) is 0 Å². The van der Waals surface area contributed by atoms with Crippen molar-refractivity contribution in [2.24, 2.45) is 5.92 Å². The van der Waals surface area contributed by atoms with Crippen LogP contribution in [0.15, 0.2) is 22.7 Å². The maximum absolute atomic E-state index is 6.21. The molecule has 1 N–H and O–H groups in total. The molecule has 0 amide bonds. The molecule has 1 aromatic carbocycles. The van der Waals surface area contributed by atoms with Crippen molar-refractivity contribution in [2.75, 3.05) is 6.54 Å². The molecule has 0 aromatic heterocycles. The van der Waals surface area contributed by atoms with Crippen LogP contribution in [0.1, 0.15) is 33.3 Å². The highest BCUT2D eigenvalue weighted by molar-refractivity contribution is 9.10. The fraction of sp³-hybridized carbons (Fsp3) is 0.571. The molecule has 3 heteroatoms. The summed E-state index contributed by atoms with van der Waals surface area (Å²) in [5.41, 5.74) is 1.40. The zero-order valence-corrected chi connectivity index (χ0v) is 13.3. The predicted molar refractivity (Wildman–Crippen MR) is 79.8 cm³/mol. The topological polar surface area (TPSA) is 12.0 Å². The van der Waals surface area contributed by atoms with E-state index in [2.05, 4.69) is 55.0 Å². The Labute approximate surface area is 118 Å². The van der Waals surface area contributed by atoms with E-state index in [1.807, 2.05) is 12.1 Å². The molecule has 1 nitrogen and oxygen atoms in total. The summed E-state index contributed by atoms with van der Waals surface area (Å²) in [4.78, 5) is 0. The number of hydrogen-bond donors (Lipinski definition) is 1. The summed E-state index contributed by atoms with van der Waals surface area (Å²) in [6.45, 7) is 9.82. The lowest BCUT2D eigenvalue weighted by Crippen LogP contribution is -2.39. The molecule has 1 rings (SSSR count). The van der Waals surface area contributed by atoms with Gasteiger partial charge in [-0.3, -0.25) is 0 Å². The smallest absolute Gasteiger partial charge is 0.0449 e. The summed E-state index contributed by atoms with van der Waals surface area (Å²) < 4.78 is 1.03. The van der Waals surface area contributed by atoms with Crippen molar-refractivity contribution in [3.05, 3.63) is 33.3 Å². The van der Waals surface area contributed by atoms with Gasteiger partial charge in [0.05, 0.1) is 0 Å². The Morgan fingerprint density at radius 1 is 1.35 bits per heavy atom. The van der Waals surface area contributed by atoms with Gasteiger partial charge in [0, 0.05) is 15.0 Å². The van der Waals surface area contributed by atoms with Crippen LogP contribution in [0.4, 0.5) is 0 Å². The predicted octanol–water partition coefficient (Wildman–Crippen LogP) is 4.67. The van der Waals surface area contributed by atoms with Crippen LogP contribution in [-0.4, -0.2) is 12.1 Å². The second-order valence-electron chi connectivity index (χ2n) is 5.68. The molecule has 0 fully saturated rings. The molecule has 1 unspecified atom stereocenters. The molecule has 0 bridgehead atoms. The fourth-order valence-corrected chi connectivity index (χ4v) is 2.37. The van der Waals surface area contributed by atoms with Crippen molar-refractivity contribution in [3.8, 4) is 0 Å². The molecular weight excluding hydrogens is 298 g/mol. The summed E-state index contributed by atoms with van der Waals surface area (Å²) in [6, 6.07) is 6.10. The van der Waals surface area contributed by atoms with Crippen molar-refractivity contribution in [3.63, 3.8) is 0 Å². The van der Waals surface area contributed by atoms with Crippen LogP contribution in [0.25, 0.3) is 0 Å². The Hall–Kier alpha value is -0.0500. The largest absolute Gasteiger partial charge is 0.312 e. The monoisotopic (exact) mass is 317 g/mol. The van der Waals surface area contributed by atoms with Gasteiger partial charge in [-0.1, -0.05) is 40.5 Å². The summed E-state index contributed by atoms with van der Waals surface area (Å²) in [5, 5.41) is 4.37. The minimum atomic E-state index is 0.178. The van der Waals surface area contributed by atoms with E-state index in [1.54, 1.807) is 0 Å². The number of halogens is 2. The Balaban J connectivity index is 2.53. The highest BCUT2D eigenvalue weighted by atomic mass is 79.9. The lowest BCUT2D eigenvalue weighted by molar-refractivity contribution is 0.381. The summed E-state index contributed by atoms with van der Waals surface area (Å²) in [7, 11) is 0. The minimum absolute atomic E-state index is 0.178. The molecule has 0 aliphatic carbocycles. The standard InChI is InChI=1S/C14H21BrClN/c1-10(9-17-14(2,3)4)7-11-5-6-12(15)8-13(11)16/h5-6,8,10,17H,7,9H2,1-4H3. The lowest BCUT2D eigenvalue weighted by atomic mass is 9.99. The second kappa shape index (κ2) is 6.21. The van der Waals surface area contributed by atoms with Crippen LogP contribution < -0.4 is 5.32 Å². The molecule has 0 saturated heterocycles. The van der Waals surface area contributed by atoms with E-state index >= 15 is 0 Å². The van der Waals surface area contributed by atoms with E-state index < -0.39 is 0 Å². The van der Waals surface area contributed by atoms with Crippen molar-refractivity contribution in [1.29, 1.82) is 0 Å². The van der Waals surface area contributed by atoms with E-state index in [9.17, 15) is 0 Å². The summed E-state index contributed by atoms with van der Waals surface area (Å²) in [5.74, 6) is 0.577. The van der Waals surface area contributed by atoms with Crippen molar-refractivity contribution in [1.82, 2.24) is 5.32 Å². The van der Waals surface area contributed by atoms with Gasteiger partial charge >= 0.3 is 0 Å². The SMILES string of the molecule is CC(CNC(C)(C)C)Cc1ccc(Br)cc1Cl. The maximum Gasteiger partial charge on any atom is 0.0449 e. The first-order valence-electron chi connectivity index (χ1n) is 5.97.